The summed E-state index contributed by atoms with van der Waals surface area (Å²) in [5.74, 6) is 0.678. The molecule has 4 aromatic heterocycles. The largest absolute Gasteiger partial charge is 0.308 e. The molecule has 0 atom stereocenters. The van der Waals surface area contributed by atoms with Crippen LogP contribution >= 0.6 is 0 Å². The van der Waals surface area contributed by atoms with E-state index in [2.05, 4.69) is 136 Å². The van der Waals surface area contributed by atoms with E-state index < -0.39 is 0 Å². The molecule has 2 N–H and O–H groups in total. The summed E-state index contributed by atoms with van der Waals surface area (Å²) in [6.45, 7) is 0. The Morgan fingerprint density at radius 2 is 0.792 bits per heavy atom. The van der Waals surface area contributed by atoms with Crippen LogP contribution in [0.2, 0.25) is 0 Å². The van der Waals surface area contributed by atoms with Crippen LogP contribution in [0.25, 0.3) is 92.5 Å². The Labute approximate surface area is 302 Å². The number of para-hydroxylation sites is 4. The van der Waals surface area contributed by atoms with Gasteiger partial charge in [-0.05, 0) is 53.2 Å². The first kappa shape index (κ1) is 28.5. The molecule has 0 radical (unpaired) electrons. The molecule has 5 heteroatoms. The van der Waals surface area contributed by atoms with Crippen molar-refractivity contribution in [3.63, 3.8) is 0 Å². The third kappa shape index (κ3) is 3.60. The molecule has 0 aliphatic carbocycles. The molecule has 12 rings (SSSR count). The summed E-state index contributed by atoms with van der Waals surface area (Å²) in [6.07, 6.45) is 0. The molecule has 0 aliphatic heterocycles. The zero-order chi connectivity index (χ0) is 34.9. The van der Waals surface area contributed by atoms with E-state index >= 15 is 0 Å². The van der Waals surface area contributed by atoms with E-state index in [1.54, 1.807) is 0 Å². The molecule has 0 aliphatic rings. The standard InChI is InChI=1S/C48H29N5/c49-47(52-39-22-10-5-15-30(39)31-16-6-11-23-40(31)52)33-18-3-4-19-34(33)48(50)53-41-24-12-8-20-35(41)44-43(53)27-36-32-17-7-9-21-38(32)51-42-26-29-14-2-1-13-28(29)25-37(42)45(44)46(36)51/h1-27,49-50H. The monoisotopic (exact) mass is 675 g/mol. The van der Waals surface area contributed by atoms with E-state index in [4.69, 9.17) is 0 Å². The second-order valence-electron chi connectivity index (χ2n) is 14.1. The molecule has 0 unspecified atom stereocenters. The number of hydrogen-bond acceptors (Lipinski definition) is 2. The lowest BCUT2D eigenvalue weighted by atomic mass is 10.00. The molecule has 0 fully saturated rings. The van der Waals surface area contributed by atoms with E-state index in [1.165, 1.54) is 48.9 Å². The van der Waals surface area contributed by atoms with Crippen molar-refractivity contribution in [3.8, 4) is 0 Å². The molecule has 0 bridgehead atoms. The van der Waals surface area contributed by atoms with Crippen LogP contribution in [0.1, 0.15) is 11.1 Å². The number of nitrogens with zero attached hydrogens (tertiary/aromatic N) is 3. The molecule has 0 amide bonds. The quantitative estimate of drug-likeness (QED) is 0.135. The maximum atomic E-state index is 10.1. The van der Waals surface area contributed by atoms with Crippen LogP contribution < -0.4 is 0 Å². The van der Waals surface area contributed by atoms with Crippen molar-refractivity contribution >= 4 is 104 Å². The minimum Gasteiger partial charge on any atom is -0.308 e. The van der Waals surface area contributed by atoms with Gasteiger partial charge < -0.3 is 4.40 Å². The minimum absolute atomic E-state index is 0.337. The van der Waals surface area contributed by atoms with Gasteiger partial charge in [0.2, 0.25) is 0 Å². The lowest BCUT2D eigenvalue weighted by Crippen LogP contribution is -2.20. The molecular formula is C48H29N5. The molecule has 53 heavy (non-hydrogen) atoms. The van der Waals surface area contributed by atoms with Crippen molar-refractivity contribution in [2.75, 3.05) is 0 Å². The first-order valence-corrected chi connectivity index (χ1v) is 18.0. The van der Waals surface area contributed by atoms with Crippen molar-refractivity contribution in [2.24, 2.45) is 0 Å². The summed E-state index contributed by atoms with van der Waals surface area (Å²) in [7, 11) is 0. The topological polar surface area (TPSA) is 62.0 Å². The van der Waals surface area contributed by atoms with Crippen molar-refractivity contribution in [2.45, 2.75) is 0 Å². The van der Waals surface area contributed by atoms with E-state index in [0.717, 1.165) is 43.6 Å². The van der Waals surface area contributed by atoms with Gasteiger partial charge in [0.05, 0.1) is 38.6 Å². The Morgan fingerprint density at radius 1 is 0.340 bits per heavy atom. The third-order valence-electron chi connectivity index (χ3n) is 11.4. The fraction of sp³-hybridized carbons (Fsp3) is 0. The van der Waals surface area contributed by atoms with Gasteiger partial charge in [0.25, 0.3) is 0 Å². The average Bonchev–Trinajstić information content (AvgIpc) is 3.93. The SMILES string of the molecule is N=C(c1ccccc1C(=N)n1c2ccccc2c2c3c4cc5ccccc5cc4n4c5ccccc5c(cc21)c34)n1c2ccccc2c2ccccc21. The van der Waals surface area contributed by atoms with Gasteiger partial charge in [-0.15, -0.1) is 0 Å². The Morgan fingerprint density at radius 3 is 1.42 bits per heavy atom. The maximum absolute atomic E-state index is 10.1. The fourth-order valence-electron chi connectivity index (χ4n) is 9.24. The Balaban J connectivity index is 1.18. The van der Waals surface area contributed by atoms with Gasteiger partial charge in [-0.1, -0.05) is 121 Å². The van der Waals surface area contributed by atoms with Gasteiger partial charge in [-0.2, -0.15) is 0 Å². The zero-order valence-electron chi connectivity index (χ0n) is 28.4. The fourth-order valence-corrected chi connectivity index (χ4v) is 9.24. The van der Waals surface area contributed by atoms with Crippen LogP contribution in [0.3, 0.4) is 0 Å². The van der Waals surface area contributed by atoms with Crippen LogP contribution in [0.4, 0.5) is 0 Å². The van der Waals surface area contributed by atoms with Crippen LogP contribution in [-0.2, 0) is 0 Å². The molecule has 8 aromatic carbocycles. The van der Waals surface area contributed by atoms with Crippen molar-refractivity contribution in [1.29, 1.82) is 10.8 Å². The number of aromatic nitrogens is 3. The van der Waals surface area contributed by atoms with Gasteiger partial charge in [0, 0.05) is 54.2 Å². The van der Waals surface area contributed by atoms with Gasteiger partial charge in [0.1, 0.15) is 11.7 Å². The normalized spacial score (nSPS) is 12.3. The van der Waals surface area contributed by atoms with Crippen molar-refractivity contribution in [1.82, 2.24) is 13.5 Å². The predicted molar refractivity (Wildman–Crippen MR) is 222 cm³/mol. The van der Waals surface area contributed by atoms with E-state index in [-0.39, 0.29) is 0 Å². The molecule has 12 aromatic rings. The summed E-state index contributed by atoms with van der Waals surface area (Å²) < 4.78 is 6.59. The number of hydrogen-bond donors (Lipinski definition) is 2. The zero-order valence-corrected chi connectivity index (χ0v) is 28.4. The summed E-state index contributed by atoms with van der Waals surface area (Å²) in [5, 5.41) is 31.6. The molecule has 0 saturated carbocycles. The Kier molecular flexibility index (Phi) is 5.47. The third-order valence-corrected chi connectivity index (χ3v) is 11.4. The lowest BCUT2D eigenvalue weighted by Gasteiger charge is -2.16. The van der Waals surface area contributed by atoms with Gasteiger partial charge in [-0.3, -0.25) is 20.0 Å². The molecule has 0 spiro atoms. The summed E-state index contributed by atoms with van der Waals surface area (Å²) >= 11 is 0. The average molecular weight is 676 g/mol. The highest BCUT2D eigenvalue weighted by molar-refractivity contribution is 6.37. The van der Waals surface area contributed by atoms with Crippen LogP contribution in [-0.4, -0.2) is 25.2 Å². The smallest absolute Gasteiger partial charge is 0.138 e. The molecule has 0 saturated heterocycles. The molecule has 246 valence electrons. The van der Waals surface area contributed by atoms with Gasteiger partial charge in [-0.25, -0.2) is 0 Å². The van der Waals surface area contributed by atoms with Gasteiger partial charge >= 0.3 is 0 Å². The lowest BCUT2D eigenvalue weighted by molar-refractivity contribution is 1.19. The highest BCUT2D eigenvalue weighted by atomic mass is 15.1. The molecule has 5 nitrogen and oxygen atoms in total. The summed E-state index contributed by atoms with van der Waals surface area (Å²) in [4.78, 5) is 0. The summed E-state index contributed by atoms with van der Waals surface area (Å²) in [6, 6.07) is 57.2. The van der Waals surface area contributed by atoms with Crippen LogP contribution in [0, 0.1) is 10.8 Å². The maximum Gasteiger partial charge on any atom is 0.138 e. The Hall–Kier alpha value is -7.24. The van der Waals surface area contributed by atoms with Crippen molar-refractivity contribution in [3.05, 3.63) is 175 Å². The van der Waals surface area contributed by atoms with E-state index in [9.17, 15) is 10.8 Å². The highest BCUT2D eigenvalue weighted by Crippen LogP contribution is 2.47. The second kappa shape index (κ2) is 10.2. The highest BCUT2D eigenvalue weighted by Gasteiger charge is 2.26. The molecular weight excluding hydrogens is 647 g/mol. The minimum atomic E-state index is 0.337. The predicted octanol–water partition coefficient (Wildman–Crippen LogP) is 12.0. The number of benzene rings is 8. The van der Waals surface area contributed by atoms with Crippen LogP contribution in [0.15, 0.2) is 164 Å². The van der Waals surface area contributed by atoms with Crippen molar-refractivity contribution < 1.29 is 0 Å². The summed E-state index contributed by atoms with van der Waals surface area (Å²) in [5.41, 5.74) is 8.90. The van der Waals surface area contributed by atoms with E-state index in [0.29, 0.717) is 22.8 Å². The number of rotatable bonds is 2. The number of fused-ring (bicyclic) bond motifs is 14. The first-order valence-electron chi connectivity index (χ1n) is 18.0. The van der Waals surface area contributed by atoms with Crippen LogP contribution in [0.5, 0.6) is 0 Å². The van der Waals surface area contributed by atoms with Gasteiger partial charge in [0.15, 0.2) is 0 Å². The number of nitrogens with one attached hydrogen (secondary N) is 2. The Bertz CT molecular complexity index is 3500. The second-order valence-corrected chi connectivity index (χ2v) is 14.1. The van der Waals surface area contributed by atoms with E-state index in [1.807, 2.05) is 41.0 Å². The first-order chi connectivity index (χ1) is 26.2. The molecule has 4 heterocycles.